The van der Waals surface area contributed by atoms with Gasteiger partial charge in [0, 0.05) is 17.2 Å². The van der Waals surface area contributed by atoms with Crippen LogP contribution in [-0.4, -0.2) is 30.1 Å². The summed E-state index contributed by atoms with van der Waals surface area (Å²) in [4.78, 5) is 33.7. The molecule has 0 spiro atoms. The van der Waals surface area contributed by atoms with Crippen LogP contribution in [0.25, 0.3) is 0 Å². The Balaban J connectivity index is 2.04. The molecule has 0 saturated carbocycles. The second-order valence-corrected chi connectivity index (χ2v) is 5.07. The van der Waals surface area contributed by atoms with Crippen LogP contribution in [0.4, 0.5) is 5.69 Å². The molecule has 2 aromatic carbocycles. The van der Waals surface area contributed by atoms with E-state index in [-0.39, 0.29) is 11.3 Å². The van der Waals surface area contributed by atoms with E-state index < -0.39 is 16.8 Å². The Kier molecular flexibility index (Phi) is 5.57. The molecule has 1 N–H and O–H groups in total. The highest BCUT2D eigenvalue weighted by Gasteiger charge is 2.14. The van der Waals surface area contributed by atoms with Gasteiger partial charge >= 0.3 is 5.97 Å². The van der Waals surface area contributed by atoms with Gasteiger partial charge in [0.15, 0.2) is 0 Å². The van der Waals surface area contributed by atoms with Gasteiger partial charge in [-0.05, 0) is 30.7 Å². The molecule has 128 valence electrons. The Bertz CT molecular complexity index is 844. The predicted molar refractivity (Wildman–Crippen MR) is 90.7 cm³/mol. The fourth-order valence-corrected chi connectivity index (χ4v) is 2.00. The van der Waals surface area contributed by atoms with Crippen LogP contribution in [0.5, 0.6) is 0 Å². The summed E-state index contributed by atoms with van der Waals surface area (Å²) in [5, 5.41) is 14.7. The monoisotopic (exact) mass is 341 g/mol. The number of esters is 1. The molecule has 2 aromatic rings. The Morgan fingerprint density at radius 3 is 2.40 bits per heavy atom. The summed E-state index contributed by atoms with van der Waals surface area (Å²) in [5.41, 5.74) is 3.83. The largest absolute Gasteiger partial charge is 0.465 e. The maximum atomic E-state index is 12.0. The number of hydrogen-bond donors (Lipinski definition) is 1. The average molecular weight is 341 g/mol. The Morgan fingerprint density at radius 2 is 1.80 bits per heavy atom. The maximum absolute atomic E-state index is 12.0. The Hall–Kier alpha value is -3.55. The molecule has 0 aliphatic carbocycles. The number of benzene rings is 2. The number of nitro benzene ring substituents is 1. The summed E-state index contributed by atoms with van der Waals surface area (Å²) < 4.78 is 4.60. The summed E-state index contributed by atoms with van der Waals surface area (Å²) in [6.45, 7) is 1.59. The van der Waals surface area contributed by atoms with E-state index in [4.69, 9.17) is 0 Å². The third kappa shape index (κ3) is 4.47. The van der Waals surface area contributed by atoms with Crippen LogP contribution < -0.4 is 5.43 Å². The molecule has 0 aromatic heterocycles. The first-order valence-corrected chi connectivity index (χ1v) is 7.19. The minimum Gasteiger partial charge on any atom is -0.465 e. The van der Waals surface area contributed by atoms with Gasteiger partial charge < -0.3 is 4.74 Å². The van der Waals surface area contributed by atoms with Crippen LogP contribution in [0.3, 0.4) is 0 Å². The van der Waals surface area contributed by atoms with E-state index in [0.29, 0.717) is 16.7 Å². The highest BCUT2D eigenvalue weighted by atomic mass is 16.6. The number of nitrogens with zero attached hydrogens (tertiary/aromatic N) is 2. The number of amides is 1. The van der Waals surface area contributed by atoms with E-state index in [9.17, 15) is 19.7 Å². The van der Waals surface area contributed by atoms with Crippen LogP contribution >= 0.6 is 0 Å². The zero-order valence-corrected chi connectivity index (χ0v) is 13.6. The molecule has 8 heteroatoms. The lowest BCUT2D eigenvalue weighted by Crippen LogP contribution is -2.17. The Morgan fingerprint density at radius 1 is 1.16 bits per heavy atom. The molecule has 0 unspecified atom stereocenters. The fraction of sp³-hybridized carbons (Fsp3) is 0.118. The number of methoxy groups -OCH3 is 1. The molecule has 0 aliphatic heterocycles. The lowest BCUT2D eigenvalue weighted by Gasteiger charge is -2.02. The van der Waals surface area contributed by atoms with Crippen molar-refractivity contribution >= 4 is 23.8 Å². The van der Waals surface area contributed by atoms with Crippen LogP contribution in [0.1, 0.15) is 31.8 Å². The third-order valence-corrected chi connectivity index (χ3v) is 3.38. The van der Waals surface area contributed by atoms with Crippen molar-refractivity contribution in [3.63, 3.8) is 0 Å². The summed E-state index contributed by atoms with van der Waals surface area (Å²) >= 11 is 0. The molecule has 0 atom stereocenters. The van der Waals surface area contributed by atoms with Gasteiger partial charge in [-0.25, -0.2) is 10.2 Å². The van der Waals surface area contributed by atoms with Crippen molar-refractivity contribution in [2.45, 2.75) is 6.92 Å². The minimum atomic E-state index is -0.564. The van der Waals surface area contributed by atoms with Crippen molar-refractivity contribution < 1.29 is 19.2 Å². The number of carbonyl (C=O) groups is 2. The third-order valence-electron chi connectivity index (χ3n) is 3.38. The van der Waals surface area contributed by atoms with Crippen molar-refractivity contribution in [2.75, 3.05) is 7.11 Å². The molecular formula is C17H15N3O5. The molecule has 2 rings (SSSR count). The standard InChI is InChI=1S/C17H15N3O5/c1-11-3-6-14(9-15(11)20(23)24)16(21)19-18-10-12-4-7-13(8-5-12)17(22)25-2/h3-10H,1-2H3,(H,19,21)/b18-10+. The number of ether oxygens (including phenoxy) is 1. The van der Waals surface area contributed by atoms with Gasteiger partial charge in [-0.1, -0.05) is 18.2 Å². The van der Waals surface area contributed by atoms with Crippen molar-refractivity contribution in [2.24, 2.45) is 5.10 Å². The van der Waals surface area contributed by atoms with E-state index in [1.807, 2.05) is 0 Å². The zero-order chi connectivity index (χ0) is 18.4. The molecule has 0 bridgehead atoms. The molecule has 8 nitrogen and oxygen atoms in total. The summed E-state index contributed by atoms with van der Waals surface area (Å²) in [7, 11) is 1.29. The first kappa shape index (κ1) is 17.8. The topological polar surface area (TPSA) is 111 Å². The number of hydrogen-bond acceptors (Lipinski definition) is 6. The second kappa shape index (κ2) is 7.82. The Labute approximate surface area is 143 Å². The summed E-state index contributed by atoms with van der Waals surface area (Å²) in [6, 6.07) is 10.6. The van der Waals surface area contributed by atoms with E-state index >= 15 is 0 Å². The van der Waals surface area contributed by atoms with Gasteiger partial charge in [-0.3, -0.25) is 14.9 Å². The summed E-state index contributed by atoms with van der Waals surface area (Å²) in [6.07, 6.45) is 1.39. The van der Waals surface area contributed by atoms with Gasteiger partial charge in [0.1, 0.15) is 0 Å². The number of nitro groups is 1. The molecule has 0 aliphatic rings. The molecular weight excluding hydrogens is 326 g/mol. The van der Waals surface area contributed by atoms with Crippen LogP contribution in [-0.2, 0) is 4.74 Å². The SMILES string of the molecule is COC(=O)c1ccc(/C=N/NC(=O)c2ccc(C)c([N+](=O)[O-])c2)cc1. The molecule has 0 radical (unpaired) electrons. The fourth-order valence-electron chi connectivity index (χ4n) is 2.00. The molecule has 0 heterocycles. The average Bonchev–Trinajstić information content (AvgIpc) is 2.61. The predicted octanol–water partition coefficient (Wildman–Crippen LogP) is 2.45. The number of nitrogens with one attached hydrogen (secondary N) is 1. The van der Waals surface area contributed by atoms with Gasteiger partial charge in [-0.15, -0.1) is 0 Å². The van der Waals surface area contributed by atoms with Crippen molar-refractivity contribution in [3.05, 3.63) is 74.8 Å². The maximum Gasteiger partial charge on any atom is 0.337 e. The molecule has 25 heavy (non-hydrogen) atoms. The highest BCUT2D eigenvalue weighted by molar-refractivity contribution is 5.95. The lowest BCUT2D eigenvalue weighted by atomic mass is 10.1. The van der Waals surface area contributed by atoms with Crippen LogP contribution in [0, 0.1) is 17.0 Å². The number of rotatable bonds is 5. The van der Waals surface area contributed by atoms with Crippen molar-refractivity contribution in [3.8, 4) is 0 Å². The smallest absolute Gasteiger partial charge is 0.337 e. The minimum absolute atomic E-state index is 0.130. The van der Waals surface area contributed by atoms with Gasteiger partial charge in [0.25, 0.3) is 11.6 Å². The summed E-state index contributed by atoms with van der Waals surface area (Å²) in [5.74, 6) is -1.01. The van der Waals surface area contributed by atoms with E-state index in [0.717, 1.165) is 0 Å². The van der Waals surface area contributed by atoms with Crippen LogP contribution in [0.15, 0.2) is 47.6 Å². The van der Waals surface area contributed by atoms with Gasteiger partial charge in [-0.2, -0.15) is 5.10 Å². The molecule has 1 amide bonds. The number of carbonyl (C=O) groups excluding carboxylic acids is 2. The first-order valence-electron chi connectivity index (χ1n) is 7.19. The highest BCUT2D eigenvalue weighted by Crippen LogP contribution is 2.19. The second-order valence-electron chi connectivity index (χ2n) is 5.07. The quantitative estimate of drug-likeness (QED) is 0.389. The van der Waals surface area contributed by atoms with Gasteiger partial charge in [0.2, 0.25) is 0 Å². The molecule has 0 saturated heterocycles. The van der Waals surface area contributed by atoms with E-state index in [1.54, 1.807) is 31.2 Å². The number of hydrazone groups is 1. The lowest BCUT2D eigenvalue weighted by molar-refractivity contribution is -0.385. The van der Waals surface area contributed by atoms with Crippen LogP contribution in [0.2, 0.25) is 0 Å². The zero-order valence-electron chi connectivity index (χ0n) is 13.6. The van der Waals surface area contributed by atoms with Gasteiger partial charge in [0.05, 0.1) is 23.8 Å². The van der Waals surface area contributed by atoms with E-state index in [2.05, 4.69) is 15.3 Å². The van der Waals surface area contributed by atoms with Crippen molar-refractivity contribution in [1.82, 2.24) is 5.43 Å². The normalized spacial score (nSPS) is 10.5. The van der Waals surface area contributed by atoms with Crippen molar-refractivity contribution in [1.29, 1.82) is 0 Å². The first-order chi connectivity index (χ1) is 11.9. The van der Waals surface area contributed by atoms with E-state index in [1.165, 1.54) is 31.5 Å². The number of aryl methyl sites for hydroxylation is 1. The molecule has 0 fully saturated rings.